The summed E-state index contributed by atoms with van der Waals surface area (Å²) < 4.78 is 1.35. The Morgan fingerprint density at radius 2 is 2.22 bits per heavy atom. The van der Waals surface area contributed by atoms with E-state index in [-0.39, 0.29) is 23.2 Å². The molecule has 18 heavy (non-hydrogen) atoms. The molecule has 1 aromatic heterocycles. The molecule has 5 nitrogen and oxygen atoms in total. The molecule has 0 unspecified atom stereocenters. The first-order chi connectivity index (χ1) is 8.43. The zero-order valence-electron chi connectivity index (χ0n) is 10.9. The van der Waals surface area contributed by atoms with Crippen LogP contribution in [0, 0.1) is 5.92 Å². The molecule has 0 saturated heterocycles. The first-order valence-electron chi connectivity index (χ1n) is 5.97. The second-order valence-corrected chi connectivity index (χ2v) is 4.86. The van der Waals surface area contributed by atoms with Gasteiger partial charge >= 0.3 is 0 Å². The zero-order valence-corrected chi connectivity index (χ0v) is 11.6. The van der Waals surface area contributed by atoms with Gasteiger partial charge in [0.1, 0.15) is 17.5 Å². The van der Waals surface area contributed by atoms with Crippen LogP contribution < -0.4 is 10.9 Å². The third kappa shape index (κ3) is 4.14. The van der Waals surface area contributed by atoms with Gasteiger partial charge in [0.05, 0.1) is 0 Å². The molecule has 1 aromatic rings. The minimum atomic E-state index is -0.299. The van der Waals surface area contributed by atoms with Crippen LogP contribution in [0.3, 0.4) is 0 Å². The van der Waals surface area contributed by atoms with Crippen molar-refractivity contribution in [3.63, 3.8) is 0 Å². The van der Waals surface area contributed by atoms with Crippen molar-refractivity contribution in [1.29, 1.82) is 0 Å². The molecule has 100 valence electrons. The van der Waals surface area contributed by atoms with E-state index in [1.54, 1.807) is 0 Å². The van der Waals surface area contributed by atoms with Gasteiger partial charge in [-0.15, -0.1) is 0 Å². The van der Waals surface area contributed by atoms with Crippen LogP contribution >= 0.6 is 11.6 Å². The number of aromatic nitrogens is 2. The van der Waals surface area contributed by atoms with E-state index in [1.807, 2.05) is 20.8 Å². The van der Waals surface area contributed by atoms with Crippen molar-refractivity contribution in [1.82, 2.24) is 14.9 Å². The number of hydrogen-bond acceptors (Lipinski definition) is 3. The van der Waals surface area contributed by atoms with Gasteiger partial charge < -0.3 is 5.32 Å². The predicted octanol–water partition coefficient (Wildman–Crippen LogP) is 1.23. The minimum Gasteiger partial charge on any atom is -0.354 e. The Balaban J connectivity index is 2.84. The van der Waals surface area contributed by atoms with E-state index >= 15 is 0 Å². The standard InChI is InChI=1S/C12H18ClN3O2/c1-4-10-15-9(13)5-12(18)16(10)7-11(17)14-6-8(2)3/h5,8H,4,6-7H2,1-3H3,(H,14,17). The highest BCUT2D eigenvalue weighted by Gasteiger charge is 2.10. The van der Waals surface area contributed by atoms with Gasteiger partial charge in [0.15, 0.2) is 0 Å². The Morgan fingerprint density at radius 3 is 2.78 bits per heavy atom. The molecule has 0 aliphatic heterocycles. The van der Waals surface area contributed by atoms with E-state index in [0.29, 0.717) is 24.7 Å². The second-order valence-electron chi connectivity index (χ2n) is 4.47. The Bertz CT molecular complexity index is 483. The summed E-state index contributed by atoms with van der Waals surface area (Å²) in [6.07, 6.45) is 0.549. The van der Waals surface area contributed by atoms with Gasteiger partial charge in [-0.25, -0.2) is 4.98 Å². The molecule has 1 rings (SSSR count). The summed E-state index contributed by atoms with van der Waals surface area (Å²) in [5, 5.41) is 2.93. The van der Waals surface area contributed by atoms with E-state index in [9.17, 15) is 9.59 Å². The fourth-order valence-electron chi connectivity index (χ4n) is 1.48. The molecule has 0 fully saturated rings. The van der Waals surface area contributed by atoms with Gasteiger partial charge in [0.2, 0.25) is 5.91 Å². The molecule has 0 atom stereocenters. The number of nitrogens with zero attached hydrogens (tertiary/aromatic N) is 2. The number of halogens is 1. The Morgan fingerprint density at radius 1 is 1.56 bits per heavy atom. The molecule has 0 saturated carbocycles. The summed E-state index contributed by atoms with van der Waals surface area (Å²) in [5.74, 6) is 0.705. The monoisotopic (exact) mass is 271 g/mol. The summed E-state index contributed by atoms with van der Waals surface area (Å²) in [6.45, 7) is 6.46. The van der Waals surface area contributed by atoms with Gasteiger partial charge in [-0.2, -0.15) is 0 Å². The van der Waals surface area contributed by atoms with Crippen LogP contribution in [0.25, 0.3) is 0 Å². The quantitative estimate of drug-likeness (QED) is 0.820. The molecule has 0 aromatic carbocycles. The van der Waals surface area contributed by atoms with Crippen LogP contribution in [0.5, 0.6) is 0 Å². The van der Waals surface area contributed by atoms with Crippen molar-refractivity contribution in [3.05, 3.63) is 27.4 Å². The van der Waals surface area contributed by atoms with Gasteiger partial charge in [0.25, 0.3) is 5.56 Å². The third-order valence-corrected chi connectivity index (χ3v) is 2.58. The molecule has 0 spiro atoms. The highest BCUT2D eigenvalue weighted by molar-refractivity contribution is 6.29. The fraction of sp³-hybridized carbons (Fsp3) is 0.583. The van der Waals surface area contributed by atoms with Gasteiger partial charge in [0, 0.05) is 19.0 Å². The Labute approximate surface area is 111 Å². The highest BCUT2D eigenvalue weighted by Crippen LogP contribution is 2.03. The lowest BCUT2D eigenvalue weighted by molar-refractivity contribution is -0.121. The van der Waals surface area contributed by atoms with Crippen LogP contribution in [-0.2, 0) is 17.8 Å². The van der Waals surface area contributed by atoms with Gasteiger partial charge in [-0.1, -0.05) is 32.4 Å². The number of rotatable bonds is 5. The first-order valence-corrected chi connectivity index (χ1v) is 6.34. The third-order valence-electron chi connectivity index (χ3n) is 2.38. The maximum absolute atomic E-state index is 11.8. The van der Waals surface area contributed by atoms with E-state index in [4.69, 9.17) is 11.6 Å². The molecule has 1 amide bonds. The summed E-state index contributed by atoms with van der Waals surface area (Å²) in [6, 6.07) is 1.22. The van der Waals surface area contributed by atoms with Crippen LogP contribution in [0.4, 0.5) is 0 Å². The number of carbonyl (C=O) groups is 1. The first kappa shape index (κ1) is 14.7. The van der Waals surface area contributed by atoms with Crippen LogP contribution in [0.1, 0.15) is 26.6 Å². The lowest BCUT2D eigenvalue weighted by Crippen LogP contribution is -2.35. The summed E-state index contributed by atoms with van der Waals surface area (Å²) in [7, 11) is 0. The van der Waals surface area contributed by atoms with Crippen molar-refractivity contribution < 1.29 is 4.79 Å². The highest BCUT2D eigenvalue weighted by atomic mass is 35.5. The summed E-state index contributed by atoms with van der Waals surface area (Å²) in [4.78, 5) is 27.5. The minimum absolute atomic E-state index is 0.0150. The molecule has 0 radical (unpaired) electrons. The van der Waals surface area contributed by atoms with E-state index in [2.05, 4.69) is 10.3 Å². The van der Waals surface area contributed by atoms with E-state index in [0.717, 1.165) is 0 Å². The lowest BCUT2D eigenvalue weighted by atomic mass is 10.2. The zero-order chi connectivity index (χ0) is 13.7. The molecular weight excluding hydrogens is 254 g/mol. The molecule has 6 heteroatoms. The maximum atomic E-state index is 11.8. The van der Waals surface area contributed by atoms with Crippen LogP contribution in [-0.4, -0.2) is 22.0 Å². The number of amides is 1. The predicted molar refractivity (Wildman–Crippen MR) is 70.7 cm³/mol. The SMILES string of the molecule is CCc1nc(Cl)cc(=O)n1CC(=O)NCC(C)C. The van der Waals surface area contributed by atoms with Crippen molar-refractivity contribution in [2.45, 2.75) is 33.7 Å². The lowest BCUT2D eigenvalue weighted by Gasteiger charge is -2.12. The van der Waals surface area contributed by atoms with E-state index in [1.165, 1.54) is 10.6 Å². The number of carbonyl (C=O) groups excluding carboxylic acids is 1. The average Bonchev–Trinajstić information content (AvgIpc) is 2.29. The summed E-state index contributed by atoms with van der Waals surface area (Å²) in [5.41, 5.74) is -0.299. The molecule has 1 N–H and O–H groups in total. The van der Waals surface area contributed by atoms with Gasteiger partial charge in [-0.3, -0.25) is 14.2 Å². The smallest absolute Gasteiger partial charge is 0.255 e. The molecule has 0 aliphatic carbocycles. The van der Waals surface area contributed by atoms with Gasteiger partial charge in [-0.05, 0) is 5.92 Å². The number of nitrogens with one attached hydrogen (secondary N) is 1. The fourth-order valence-corrected chi connectivity index (χ4v) is 1.67. The van der Waals surface area contributed by atoms with Crippen molar-refractivity contribution in [2.24, 2.45) is 5.92 Å². The second kappa shape index (κ2) is 6.54. The van der Waals surface area contributed by atoms with Crippen LogP contribution in [0.15, 0.2) is 10.9 Å². The Kier molecular flexibility index (Phi) is 5.34. The average molecular weight is 272 g/mol. The Hall–Kier alpha value is -1.36. The topological polar surface area (TPSA) is 64.0 Å². The summed E-state index contributed by atoms with van der Waals surface area (Å²) >= 11 is 5.72. The number of hydrogen-bond donors (Lipinski definition) is 1. The van der Waals surface area contributed by atoms with E-state index < -0.39 is 0 Å². The maximum Gasteiger partial charge on any atom is 0.255 e. The van der Waals surface area contributed by atoms with Crippen molar-refractivity contribution in [3.8, 4) is 0 Å². The normalized spacial score (nSPS) is 10.7. The van der Waals surface area contributed by atoms with Crippen LogP contribution in [0.2, 0.25) is 5.15 Å². The molecule has 1 heterocycles. The molecule has 0 aliphatic rings. The largest absolute Gasteiger partial charge is 0.354 e. The molecule has 0 bridgehead atoms. The van der Waals surface area contributed by atoms with Crippen molar-refractivity contribution in [2.75, 3.05) is 6.54 Å². The molecular formula is C12H18ClN3O2. The van der Waals surface area contributed by atoms with Crippen molar-refractivity contribution >= 4 is 17.5 Å². The number of aryl methyl sites for hydroxylation is 1.